The van der Waals surface area contributed by atoms with Crippen LogP contribution in [0.1, 0.15) is 46.4 Å². The van der Waals surface area contributed by atoms with Gasteiger partial charge >= 0.3 is 12.1 Å². The molecule has 0 fully saturated rings. The third-order valence-electron chi connectivity index (χ3n) is 7.03. The number of benzene rings is 4. The SMILES string of the molecule is O=C(O)CCCCc1nc2cc(C(=O)NCc3cccc(-c4ccccc4)c3)ccc2nc1-c1ccc(C(F)(F)F)cc1. The van der Waals surface area contributed by atoms with E-state index in [4.69, 9.17) is 15.1 Å². The molecule has 0 atom stereocenters. The topological polar surface area (TPSA) is 92.2 Å². The molecule has 0 aliphatic heterocycles. The van der Waals surface area contributed by atoms with E-state index in [0.717, 1.165) is 28.8 Å². The summed E-state index contributed by atoms with van der Waals surface area (Å²) in [6, 6.07) is 27.5. The Kier molecular flexibility index (Phi) is 8.80. The highest BCUT2D eigenvalue weighted by Crippen LogP contribution is 2.32. The number of nitrogens with zero attached hydrogens (tertiary/aromatic N) is 2. The number of rotatable bonds is 10. The molecule has 2 N–H and O–H groups in total. The Labute approximate surface area is 246 Å². The first-order valence-electron chi connectivity index (χ1n) is 13.8. The van der Waals surface area contributed by atoms with Gasteiger partial charge in [-0.2, -0.15) is 13.2 Å². The highest BCUT2D eigenvalue weighted by atomic mass is 19.4. The number of unbranched alkanes of at least 4 members (excludes halogenated alkanes) is 1. The number of nitrogens with one attached hydrogen (secondary N) is 1. The van der Waals surface area contributed by atoms with Crippen molar-refractivity contribution in [3.05, 3.63) is 119 Å². The van der Waals surface area contributed by atoms with E-state index in [1.165, 1.54) is 12.1 Å². The van der Waals surface area contributed by atoms with Gasteiger partial charge < -0.3 is 10.4 Å². The number of carbonyl (C=O) groups is 2. The van der Waals surface area contributed by atoms with Crippen molar-refractivity contribution in [3.63, 3.8) is 0 Å². The van der Waals surface area contributed by atoms with Gasteiger partial charge in [-0.25, -0.2) is 9.97 Å². The van der Waals surface area contributed by atoms with Gasteiger partial charge in [0.1, 0.15) is 0 Å². The fourth-order valence-corrected chi connectivity index (χ4v) is 4.80. The van der Waals surface area contributed by atoms with E-state index < -0.39 is 17.7 Å². The molecular formula is C34H28F3N3O3. The maximum atomic E-state index is 13.1. The summed E-state index contributed by atoms with van der Waals surface area (Å²) < 4.78 is 39.3. The molecule has 6 nitrogen and oxygen atoms in total. The quantitative estimate of drug-likeness (QED) is 0.164. The Morgan fingerprint density at radius 1 is 0.744 bits per heavy atom. The van der Waals surface area contributed by atoms with E-state index in [0.29, 0.717) is 59.4 Å². The van der Waals surface area contributed by atoms with Crippen LogP contribution >= 0.6 is 0 Å². The van der Waals surface area contributed by atoms with Crippen LogP contribution in [0.5, 0.6) is 0 Å². The van der Waals surface area contributed by atoms with Crippen molar-refractivity contribution in [2.24, 2.45) is 0 Å². The number of fused-ring (bicyclic) bond motifs is 1. The third kappa shape index (κ3) is 7.43. The fraction of sp³-hybridized carbons (Fsp3) is 0.176. The molecule has 0 saturated heterocycles. The number of hydrogen-bond donors (Lipinski definition) is 2. The molecule has 0 spiro atoms. The summed E-state index contributed by atoms with van der Waals surface area (Å²) in [7, 11) is 0. The highest BCUT2D eigenvalue weighted by Gasteiger charge is 2.30. The number of aryl methyl sites for hydroxylation is 1. The van der Waals surface area contributed by atoms with Crippen molar-refractivity contribution in [3.8, 4) is 22.4 Å². The predicted molar refractivity (Wildman–Crippen MR) is 158 cm³/mol. The molecule has 5 aromatic rings. The molecule has 1 heterocycles. The first-order valence-corrected chi connectivity index (χ1v) is 13.8. The molecule has 9 heteroatoms. The van der Waals surface area contributed by atoms with Crippen LogP contribution in [0.25, 0.3) is 33.4 Å². The Balaban J connectivity index is 1.38. The number of carbonyl (C=O) groups excluding carboxylic acids is 1. The summed E-state index contributed by atoms with van der Waals surface area (Å²) in [5.41, 5.74) is 5.05. The van der Waals surface area contributed by atoms with Crippen molar-refractivity contribution < 1.29 is 27.9 Å². The molecule has 0 radical (unpaired) electrons. The number of carboxylic acids is 1. The third-order valence-corrected chi connectivity index (χ3v) is 7.03. The van der Waals surface area contributed by atoms with Crippen LogP contribution in [0.15, 0.2) is 97.1 Å². The van der Waals surface area contributed by atoms with E-state index >= 15 is 0 Å². The number of halogens is 3. The van der Waals surface area contributed by atoms with Crippen LogP contribution in [-0.4, -0.2) is 27.0 Å². The second-order valence-electron chi connectivity index (χ2n) is 10.1. The second kappa shape index (κ2) is 12.9. The summed E-state index contributed by atoms with van der Waals surface area (Å²) in [5.74, 6) is -1.20. The molecule has 1 amide bonds. The monoisotopic (exact) mass is 583 g/mol. The molecule has 5 rings (SSSR count). The number of hydrogen-bond acceptors (Lipinski definition) is 4. The van der Waals surface area contributed by atoms with Gasteiger partial charge in [-0.1, -0.05) is 60.7 Å². The lowest BCUT2D eigenvalue weighted by molar-refractivity contribution is -0.138. The van der Waals surface area contributed by atoms with Gasteiger partial charge in [0.2, 0.25) is 0 Å². The normalized spacial score (nSPS) is 11.4. The predicted octanol–water partition coefficient (Wildman–Crippen LogP) is 7.71. The van der Waals surface area contributed by atoms with Gasteiger partial charge in [0.25, 0.3) is 5.91 Å². The number of aromatic nitrogens is 2. The lowest BCUT2D eigenvalue weighted by atomic mass is 10.0. The molecule has 0 saturated carbocycles. The zero-order valence-corrected chi connectivity index (χ0v) is 23.1. The zero-order valence-electron chi connectivity index (χ0n) is 23.1. The van der Waals surface area contributed by atoms with E-state index in [2.05, 4.69) is 5.32 Å². The summed E-state index contributed by atoms with van der Waals surface area (Å²) >= 11 is 0. The molecule has 43 heavy (non-hydrogen) atoms. The van der Waals surface area contributed by atoms with Crippen LogP contribution in [0, 0.1) is 0 Å². The first-order chi connectivity index (χ1) is 20.7. The van der Waals surface area contributed by atoms with Crippen molar-refractivity contribution in [1.82, 2.24) is 15.3 Å². The van der Waals surface area contributed by atoms with Gasteiger partial charge in [0.05, 0.1) is 28.0 Å². The van der Waals surface area contributed by atoms with Crippen LogP contribution in [0.4, 0.5) is 13.2 Å². The molecule has 0 unspecified atom stereocenters. The van der Waals surface area contributed by atoms with E-state index in [9.17, 15) is 22.8 Å². The standard InChI is InChI=1S/C34H28F3N3O3/c35-34(36,37)27-16-13-24(14-17-27)32-29(11-4-5-12-31(41)42)39-30-20-26(15-18-28(30)40-32)33(43)38-21-22-7-6-10-25(19-22)23-8-2-1-3-9-23/h1-3,6-10,13-20H,4-5,11-12,21H2,(H,38,43)(H,41,42). The van der Waals surface area contributed by atoms with Gasteiger partial charge in [-0.15, -0.1) is 0 Å². The minimum absolute atomic E-state index is 0.00476. The largest absolute Gasteiger partial charge is 0.481 e. The van der Waals surface area contributed by atoms with E-state index in [1.807, 2.05) is 54.6 Å². The summed E-state index contributed by atoms with van der Waals surface area (Å²) in [6.07, 6.45) is -3.18. The zero-order chi connectivity index (χ0) is 30.4. The Bertz CT molecular complexity index is 1750. The minimum Gasteiger partial charge on any atom is -0.481 e. The second-order valence-corrected chi connectivity index (χ2v) is 10.1. The molecule has 4 aromatic carbocycles. The van der Waals surface area contributed by atoms with Crippen LogP contribution in [0.2, 0.25) is 0 Å². The number of aliphatic carboxylic acids is 1. The van der Waals surface area contributed by atoms with Crippen molar-refractivity contribution in [1.29, 1.82) is 0 Å². The van der Waals surface area contributed by atoms with Crippen molar-refractivity contribution >= 4 is 22.9 Å². The van der Waals surface area contributed by atoms with Crippen LogP contribution < -0.4 is 5.32 Å². The molecule has 0 aliphatic rings. The van der Waals surface area contributed by atoms with Gasteiger partial charge in [0.15, 0.2) is 0 Å². The maximum Gasteiger partial charge on any atom is 0.416 e. The van der Waals surface area contributed by atoms with Gasteiger partial charge in [-0.05, 0) is 72.4 Å². The Hall–Kier alpha value is -5.05. The average Bonchev–Trinajstić information content (AvgIpc) is 3.01. The average molecular weight is 584 g/mol. The van der Waals surface area contributed by atoms with Gasteiger partial charge in [0, 0.05) is 24.1 Å². The summed E-state index contributed by atoms with van der Waals surface area (Å²) in [6.45, 7) is 0.324. The maximum absolute atomic E-state index is 13.1. The summed E-state index contributed by atoms with van der Waals surface area (Å²) in [5, 5.41) is 11.9. The fourth-order valence-electron chi connectivity index (χ4n) is 4.80. The molecule has 0 aliphatic carbocycles. The van der Waals surface area contributed by atoms with Crippen LogP contribution in [0.3, 0.4) is 0 Å². The summed E-state index contributed by atoms with van der Waals surface area (Å²) in [4.78, 5) is 33.5. The van der Waals surface area contributed by atoms with Crippen molar-refractivity contribution in [2.45, 2.75) is 38.4 Å². The molecular weight excluding hydrogens is 555 g/mol. The van der Waals surface area contributed by atoms with E-state index in [1.54, 1.807) is 18.2 Å². The lowest BCUT2D eigenvalue weighted by Crippen LogP contribution is -2.22. The first kappa shape index (κ1) is 29.4. The Morgan fingerprint density at radius 2 is 1.49 bits per heavy atom. The number of alkyl halides is 3. The molecule has 0 bridgehead atoms. The lowest BCUT2D eigenvalue weighted by Gasteiger charge is -2.13. The van der Waals surface area contributed by atoms with E-state index in [-0.39, 0.29) is 12.3 Å². The smallest absolute Gasteiger partial charge is 0.416 e. The Morgan fingerprint density at radius 3 is 2.21 bits per heavy atom. The van der Waals surface area contributed by atoms with Crippen molar-refractivity contribution in [2.75, 3.05) is 0 Å². The minimum atomic E-state index is -4.46. The molecule has 1 aromatic heterocycles. The van der Waals surface area contributed by atoms with Crippen LogP contribution in [-0.2, 0) is 23.9 Å². The van der Waals surface area contributed by atoms with Gasteiger partial charge in [-0.3, -0.25) is 9.59 Å². The molecule has 218 valence electrons. The highest BCUT2D eigenvalue weighted by molar-refractivity contribution is 5.97. The number of amides is 1. The number of carboxylic acid groups (broad SMARTS) is 1.